The Balaban J connectivity index is 2.43. The second-order valence-electron chi connectivity index (χ2n) is 4.60. The van der Waals surface area contributed by atoms with Gasteiger partial charge in [0.1, 0.15) is 11.4 Å². The van der Waals surface area contributed by atoms with Gasteiger partial charge in [-0.25, -0.2) is 0 Å². The average Bonchev–Trinajstić information content (AvgIpc) is 2.66. The molecule has 0 spiro atoms. The zero-order valence-electron chi connectivity index (χ0n) is 10.1. The molecule has 0 aromatic heterocycles. The molecule has 1 unspecified atom stereocenters. The van der Waals surface area contributed by atoms with Gasteiger partial charge in [0.2, 0.25) is 0 Å². The average molecular weight is 221 g/mol. The summed E-state index contributed by atoms with van der Waals surface area (Å²) in [6.45, 7) is 5.54. The van der Waals surface area contributed by atoms with Crippen LogP contribution in [-0.4, -0.2) is 25.3 Å². The quantitative estimate of drug-likeness (QED) is 0.795. The van der Waals surface area contributed by atoms with E-state index in [1.165, 1.54) is 0 Å². The lowest BCUT2D eigenvalue weighted by Gasteiger charge is -2.24. The molecule has 2 N–H and O–H groups in total. The molecule has 1 aliphatic rings. The number of hydrogen-bond donors (Lipinski definition) is 2. The van der Waals surface area contributed by atoms with E-state index in [9.17, 15) is 5.11 Å². The largest absolute Gasteiger partial charge is 0.496 e. The van der Waals surface area contributed by atoms with E-state index in [0.717, 1.165) is 35.4 Å². The number of aryl methyl sites for hydroxylation is 2. The smallest absolute Gasteiger partial charge is 0.124 e. The lowest BCUT2D eigenvalue weighted by atomic mass is 9.90. The van der Waals surface area contributed by atoms with E-state index in [-0.39, 0.29) is 0 Å². The summed E-state index contributed by atoms with van der Waals surface area (Å²) >= 11 is 0. The highest BCUT2D eigenvalue weighted by atomic mass is 16.5. The predicted molar refractivity (Wildman–Crippen MR) is 63.9 cm³/mol. The van der Waals surface area contributed by atoms with Crippen LogP contribution in [0.2, 0.25) is 0 Å². The summed E-state index contributed by atoms with van der Waals surface area (Å²) in [5, 5.41) is 13.7. The number of nitrogens with one attached hydrogen (secondary N) is 1. The van der Waals surface area contributed by atoms with Crippen LogP contribution < -0.4 is 10.1 Å². The summed E-state index contributed by atoms with van der Waals surface area (Å²) in [5.74, 6) is 0.915. The molecule has 2 rings (SSSR count). The molecule has 0 radical (unpaired) electrons. The van der Waals surface area contributed by atoms with Gasteiger partial charge in [0.15, 0.2) is 0 Å². The van der Waals surface area contributed by atoms with Gasteiger partial charge in [0, 0.05) is 6.54 Å². The SMILES string of the molecule is COc1c(C)cc(C2(O)CCNC2)cc1C. The molecule has 1 aromatic carbocycles. The maximum absolute atomic E-state index is 10.5. The van der Waals surface area contributed by atoms with Crippen LogP contribution in [-0.2, 0) is 5.60 Å². The summed E-state index contributed by atoms with van der Waals surface area (Å²) in [5.41, 5.74) is 2.45. The van der Waals surface area contributed by atoms with Crippen LogP contribution in [0.3, 0.4) is 0 Å². The van der Waals surface area contributed by atoms with Crippen LogP contribution in [0, 0.1) is 13.8 Å². The maximum Gasteiger partial charge on any atom is 0.124 e. The third-order valence-corrected chi connectivity index (χ3v) is 3.33. The van der Waals surface area contributed by atoms with Crippen molar-refractivity contribution >= 4 is 0 Å². The van der Waals surface area contributed by atoms with E-state index in [2.05, 4.69) is 5.32 Å². The molecule has 0 amide bonds. The van der Waals surface area contributed by atoms with E-state index in [1.54, 1.807) is 7.11 Å². The Labute approximate surface area is 96.4 Å². The van der Waals surface area contributed by atoms with Gasteiger partial charge in [-0.3, -0.25) is 0 Å². The minimum Gasteiger partial charge on any atom is -0.496 e. The molecule has 16 heavy (non-hydrogen) atoms. The monoisotopic (exact) mass is 221 g/mol. The van der Waals surface area contributed by atoms with E-state index in [4.69, 9.17) is 4.74 Å². The summed E-state index contributed by atoms with van der Waals surface area (Å²) < 4.78 is 5.33. The number of β-amino-alcohol motifs (C(OH)–C–C–N with tert-alkyl or cyclic N) is 1. The number of hydrogen-bond acceptors (Lipinski definition) is 3. The molecule has 0 saturated carbocycles. The molecule has 0 bridgehead atoms. The van der Waals surface area contributed by atoms with Crippen molar-refractivity contribution in [1.82, 2.24) is 5.32 Å². The fourth-order valence-corrected chi connectivity index (χ4v) is 2.47. The number of methoxy groups -OCH3 is 1. The molecule has 1 saturated heterocycles. The van der Waals surface area contributed by atoms with Crippen molar-refractivity contribution in [1.29, 1.82) is 0 Å². The van der Waals surface area contributed by atoms with Gasteiger partial charge in [0.25, 0.3) is 0 Å². The van der Waals surface area contributed by atoms with Gasteiger partial charge in [0.05, 0.1) is 7.11 Å². The predicted octanol–water partition coefficient (Wildman–Crippen LogP) is 1.49. The third-order valence-electron chi connectivity index (χ3n) is 3.33. The first-order chi connectivity index (χ1) is 7.57. The zero-order chi connectivity index (χ0) is 11.8. The summed E-state index contributed by atoms with van der Waals surface area (Å²) in [4.78, 5) is 0. The second-order valence-corrected chi connectivity index (χ2v) is 4.60. The second kappa shape index (κ2) is 4.07. The molecule has 1 heterocycles. The van der Waals surface area contributed by atoms with Crippen molar-refractivity contribution in [3.63, 3.8) is 0 Å². The fraction of sp³-hybridized carbons (Fsp3) is 0.538. The van der Waals surface area contributed by atoms with Gasteiger partial charge in [-0.05, 0) is 55.6 Å². The highest BCUT2D eigenvalue weighted by Gasteiger charge is 2.33. The molecule has 1 aromatic rings. The van der Waals surface area contributed by atoms with E-state index < -0.39 is 5.60 Å². The first-order valence-electron chi connectivity index (χ1n) is 5.65. The molecular weight excluding hydrogens is 202 g/mol. The van der Waals surface area contributed by atoms with Gasteiger partial charge in [-0.1, -0.05) is 0 Å². The Bertz CT molecular complexity index is 372. The zero-order valence-corrected chi connectivity index (χ0v) is 10.1. The minimum atomic E-state index is -0.707. The minimum absolute atomic E-state index is 0.637. The highest BCUT2D eigenvalue weighted by molar-refractivity contribution is 5.45. The van der Waals surface area contributed by atoms with Crippen LogP contribution in [0.25, 0.3) is 0 Å². The fourth-order valence-electron chi connectivity index (χ4n) is 2.47. The Hall–Kier alpha value is -1.06. The lowest BCUT2D eigenvalue weighted by Crippen LogP contribution is -2.28. The van der Waals surface area contributed by atoms with Crippen molar-refractivity contribution in [2.24, 2.45) is 0 Å². The first-order valence-corrected chi connectivity index (χ1v) is 5.65. The Morgan fingerprint density at radius 1 is 1.31 bits per heavy atom. The van der Waals surface area contributed by atoms with Crippen LogP contribution in [0.1, 0.15) is 23.1 Å². The van der Waals surface area contributed by atoms with Crippen LogP contribution >= 0.6 is 0 Å². The number of benzene rings is 1. The van der Waals surface area contributed by atoms with Gasteiger partial charge in [-0.15, -0.1) is 0 Å². The standard InChI is InChI=1S/C13H19NO2/c1-9-6-11(7-10(2)12(9)16-3)13(15)4-5-14-8-13/h6-7,14-15H,4-5,8H2,1-3H3. The maximum atomic E-state index is 10.5. The highest BCUT2D eigenvalue weighted by Crippen LogP contribution is 2.33. The van der Waals surface area contributed by atoms with Crippen molar-refractivity contribution in [2.75, 3.05) is 20.2 Å². The number of ether oxygens (including phenoxy) is 1. The van der Waals surface area contributed by atoms with E-state index in [1.807, 2.05) is 26.0 Å². The molecule has 1 fully saturated rings. The van der Waals surface area contributed by atoms with Gasteiger partial charge in [-0.2, -0.15) is 0 Å². The van der Waals surface area contributed by atoms with Crippen LogP contribution in [0.4, 0.5) is 0 Å². The Morgan fingerprint density at radius 2 is 1.94 bits per heavy atom. The van der Waals surface area contributed by atoms with Crippen molar-refractivity contribution < 1.29 is 9.84 Å². The van der Waals surface area contributed by atoms with Crippen molar-refractivity contribution in [3.05, 3.63) is 28.8 Å². The molecule has 3 nitrogen and oxygen atoms in total. The molecule has 0 aliphatic carbocycles. The summed E-state index contributed by atoms with van der Waals surface area (Å²) in [7, 11) is 1.68. The molecular formula is C13H19NO2. The number of rotatable bonds is 2. The van der Waals surface area contributed by atoms with Crippen molar-refractivity contribution in [2.45, 2.75) is 25.9 Å². The van der Waals surface area contributed by atoms with Crippen LogP contribution in [0.5, 0.6) is 5.75 Å². The molecule has 88 valence electrons. The Kier molecular flexibility index (Phi) is 2.91. The topological polar surface area (TPSA) is 41.5 Å². The molecule has 3 heteroatoms. The summed E-state index contributed by atoms with van der Waals surface area (Å²) in [6, 6.07) is 4.05. The van der Waals surface area contributed by atoms with Gasteiger partial charge < -0.3 is 15.2 Å². The lowest BCUT2D eigenvalue weighted by molar-refractivity contribution is 0.0586. The molecule has 1 aliphatic heterocycles. The Morgan fingerprint density at radius 3 is 2.38 bits per heavy atom. The van der Waals surface area contributed by atoms with Crippen molar-refractivity contribution in [3.8, 4) is 5.75 Å². The summed E-state index contributed by atoms with van der Waals surface area (Å²) in [6.07, 6.45) is 0.776. The first kappa shape index (κ1) is 11.4. The number of aliphatic hydroxyl groups is 1. The van der Waals surface area contributed by atoms with E-state index in [0.29, 0.717) is 6.54 Å². The normalized spacial score (nSPS) is 24.8. The van der Waals surface area contributed by atoms with E-state index >= 15 is 0 Å². The van der Waals surface area contributed by atoms with Crippen LogP contribution in [0.15, 0.2) is 12.1 Å². The van der Waals surface area contributed by atoms with Gasteiger partial charge >= 0.3 is 0 Å². The molecule has 1 atom stereocenters. The third kappa shape index (κ3) is 1.81.